The smallest absolute Gasteiger partial charge is 0.295 e. The lowest BCUT2D eigenvalue weighted by Crippen LogP contribution is -2.29. The van der Waals surface area contributed by atoms with Crippen LogP contribution in [0.4, 0.5) is 0 Å². The lowest BCUT2D eigenvalue weighted by atomic mass is 9.94. The van der Waals surface area contributed by atoms with E-state index in [4.69, 9.17) is 14.2 Å². The normalized spacial score (nSPS) is 16.6. The van der Waals surface area contributed by atoms with Crippen LogP contribution in [0.2, 0.25) is 0 Å². The highest BCUT2D eigenvalue weighted by atomic mass is 16.5. The molecular formula is C29H30N2O6. The molecule has 192 valence electrons. The maximum Gasteiger partial charge on any atom is 0.295 e. The molecule has 2 aromatic carbocycles. The number of pyridine rings is 1. The highest BCUT2D eigenvalue weighted by Crippen LogP contribution is 2.43. The number of methoxy groups -OCH3 is 2. The standard InChI is InChI=1S/C29H30N2O6/c1-4-5-14-37-23-12-11-20(16-24(23)36-3)26-25(27(32)21-9-6-10-22(15-21)35-2)28(33)29(34)31(26)18-19-8-7-13-30-17-19/h6-13,15-17,26,32H,4-5,14,18H2,1-3H3/b27-25+. The van der Waals surface area contributed by atoms with Crippen molar-refractivity contribution < 1.29 is 28.9 Å². The van der Waals surface area contributed by atoms with Crippen LogP contribution in [0.25, 0.3) is 5.76 Å². The molecule has 1 fully saturated rings. The molecule has 0 bridgehead atoms. The number of ketones is 1. The Hall–Kier alpha value is -4.33. The number of benzene rings is 2. The molecule has 3 aromatic rings. The average molecular weight is 503 g/mol. The fourth-order valence-electron chi connectivity index (χ4n) is 4.30. The second kappa shape index (κ2) is 11.6. The number of rotatable bonds is 10. The van der Waals surface area contributed by atoms with Crippen molar-refractivity contribution >= 4 is 17.4 Å². The summed E-state index contributed by atoms with van der Waals surface area (Å²) < 4.78 is 16.7. The molecule has 37 heavy (non-hydrogen) atoms. The molecule has 1 unspecified atom stereocenters. The number of aromatic nitrogens is 1. The third kappa shape index (κ3) is 5.43. The molecule has 0 spiro atoms. The summed E-state index contributed by atoms with van der Waals surface area (Å²) in [5, 5.41) is 11.3. The molecule has 1 atom stereocenters. The lowest BCUT2D eigenvalue weighted by molar-refractivity contribution is -0.140. The fraction of sp³-hybridized carbons (Fsp3) is 0.276. The second-order valence-corrected chi connectivity index (χ2v) is 8.63. The van der Waals surface area contributed by atoms with Gasteiger partial charge in [-0.1, -0.05) is 37.6 Å². The second-order valence-electron chi connectivity index (χ2n) is 8.63. The van der Waals surface area contributed by atoms with Gasteiger partial charge in [0.2, 0.25) is 0 Å². The van der Waals surface area contributed by atoms with Crippen LogP contribution in [0, 0.1) is 0 Å². The van der Waals surface area contributed by atoms with Crippen molar-refractivity contribution in [3.8, 4) is 17.2 Å². The first-order valence-electron chi connectivity index (χ1n) is 12.1. The van der Waals surface area contributed by atoms with Crippen LogP contribution in [-0.2, 0) is 16.1 Å². The number of carbonyl (C=O) groups is 2. The number of hydrogen-bond donors (Lipinski definition) is 1. The van der Waals surface area contributed by atoms with Gasteiger partial charge in [0.1, 0.15) is 11.5 Å². The first-order chi connectivity index (χ1) is 18.0. The highest BCUT2D eigenvalue weighted by molar-refractivity contribution is 6.46. The molecule has 0 saturated carbocycles. The van der Waals surface area contributed by atoms with Gasteiger partial charge in [0, 0.05) is 24.5 Å². The largest absolute Gasteiger partial charge is 0.507 e. The summed E-state index contributed by atoms with van der Waals surface area (Å²) >= 11 is 0. The van der Waals surface area contributed by atoms with E-state index in [1.54, 1.807) is 60.9 Å². The van der Waals surface area contributed by atoms with Gasteiger partial charge in [-0.05, 0) is 47.9 Å². The molecule has 0 aliphatic carbocycles. The van der Waals surface area contributed by atoms with Crippen molar-refractivity contribution in [1.29, 1.82) is 0 Å². The Kier molecular flexibility index (Phi) is 8.08. The summed E-state index contributed by atoms with van der Waals surface area (Å²) in [6, 6.07) is 14.8. The summed E-state index contributed by atoms with van der Waals surface area (Å²) in [7, 11) is 3.05. The van der Waals surface area contributed by atoms with E-state index < -0.39 is 17.7 Å². The first-order valence-corrected chi connectivity index (χ1v) is 12.1. The quantitative estimate of drug-likeness (QED) is 0.182. The molecule has 1 amide bonds. The molecule has 8 heteroatoms. The predicted octanol–water partition coefficient (Wildman–Crippen LogP) is 4.90. The van der Waals surface area contributed by atoms with Crippen LogP contribution >= 0.6 is 0 Å². The zero-order chi connectivity index (χ0) is 26.4. The molecule has 0 radical (unpaired) electrons. The van der Waals surface area contributed by atoms with Crippen LogP contribution in [-0.4, -0.2) is 47.5 Å². The Bertz CT molecular complexity index is 1300. The SMILES string of the molecule is CCCCOc1ccc(C2/C(=C(\O)c3cccc(OC)c3)C(=O)C(=O)N2Cc2cccnc2)cc1OC. The third-order valence-electron chi connectivity index (χ3n) is 6.22. The van der Waals surface area contributed by atoms with Gasteiger partial charge >= 0.3 is 0 Å². The van der Waals surface area contributed by atoms with Crippen molar-refractivity contribution in [2.75, 3.05) is 20.8 Å². The first kappa shape index (κ1) is 25.8. The minimum atomic E-state index is -0.856. The van der Waals surface area contributed by atoms with E-state index in [-0.39, 0.29) is 17.9 Å². The third-order valence-corrected chi connectivity index (χ3v) is 6.22. The number of hydrogen-bond acceptors (Lipinski definition) is 7. The summed E-state index contributed by atoms with van der Waals surface area (Å²) in [5.74, 6) is -0.200. The molecule has 4 rings (SSSR count). The summed E-state index contributed by atoms with van der Waals surface area (Å²) in [4.78, 5) is 32.2. The van der Waals surface area contributed by atoms with E-state index in [0.717, 1.165) is 18.4 Å². The number of nitrogens with zero attached hydrogens (tertiary/aromatic N) is 2. The van der Waals surface area contributed by atoms with Gasteiger partial charge in [-0.15, -0.1) is 0 Å². The van der Waals surface area contributed by atoms with Crippen LogP contribution in [0.1, 0.15) is 42.5 Å². The minimum absolute atomic E-state index is 0.0103. The zero-order valence-corrected chi connectivity index (χ0v) is 21.1. The van der Waals surface area contributed by atoms with E-state index in [0.29, 0.717) is 35.0 Å². The van der Waals surface area contributed by atoms with Crippen LogP contribution in [0.15, 0.2) is 72.6 Å². The maximum atomic E-state index is 13.3. The van der Waals surface area contributed by atoms with E-state index in [2.05, 4.69) is 11.9 Å². The zero-order valence-electron chi connectivity index (χ0n) is 21.1. The molecule has 1 aliphatic rings. The topological polar surface area (TPSA) is 98.2 Å². The predicted molar refractivity (Wildman–Crippen MR) is 138 cm³/mol. The van der Waals surface area contributed by atoms with Crippen LogP contribution in [0.3, 0.4) is 0 Å². The number of carbonyl (C=O) groups excluding carboxylic acids is 2. The van der Waals surface area contributed by atoms with Gasteiger partial charge in [-0.25, -0.2) is 0 Å². The number of amides is 1. The Morgan fingerprint density at radius 3 is 2.57 bits per heavy atom. The van der Waals surface area contributed by atoms with Crippen molar-refractivity contribution in [2.45, 2.75) is 32.4 Å². The molecular weight excluding hydrogens is 472 g/mol. The Balaban J connectivity index is 1.84. The van der Waals surface area contributed by atoms with Crippen LogP contribution in [0.5, 0.6) is 17.2 Å². The van der Waals surface area contributed by atoms with E-state index in [1.165, 1.54) is 19.1 Å². The van der Waals surface area contributed by atoms with Crippen LogP contribution < -0.4 is 14.2 Å². The molecule has 2 heterocycles. The van der Waals surface area contributed by atoms with E-state index in [1.807, 2.05) is 6.07 Å². The van der Waals surface area contributed by atoms with Gasteiger partial charge in [0.25, 0.3) is 11.7 Å². The van der Waals surface area contributed by atoms with Crippen molar-refractivity contribution in [2.24, 2.45) is 0 Å². The van der Waals surface area contributed by atoms with Gasteiger partial charge in [0.05, 0.1) is 32.4 Å². The molecule has 1 aliphatic heterocycles. The van der Waals surface area contributed by atoms with Gasteiger partial charge in [0.15, 0.2) is 11.5 Å². The number of aliphatic hydroxyl groups is 1. The van der Waals surface area contributed by atoms with Crippen molar-refractivity contribution in [3.05, 3.63) is 89.3 Å². The highest BCUT2D eigenvalue weighted by Gasteiger charge is 2.46. The number of Topliss-reactive ketones (excluding diaryl/α,β-unsaturated/α-hetero) is 1. The number of likely N-dealkylation sites (tertiary alicyclic amines) is 1. The fourth-order valence-corrected chi connectivity index (χ4v) is 4.30. The van der Waals surface area contributed by atoms with Gasteiger partial charge in [-0.3, -0.25) is 14.6 Å². The summed E-state index contributed by atoms with van der Waals surface area (Å²) in [6.45, 7) is 2.76. The van der Waals surface area contributed by atoms with Crippen molar-refractivity contribution in [1.82, 2.24) is 9.88 Å². The molecule has 8 nitrogen and oxygen atoms in total. The van der Waals surface area contributed by atoms with E-state index >= 15 is 0 Å². The maximum absolute atomic E-state index is 13.3. The van der Waals surface area contributed by atoms with E-state index in [9.17, 15) is 14.7 Å². The Morgan fingerprint density at radius 2 is 1.86 bits per heavy atom. The molecule has 1 saturated heterocycles. The number of unbranched alkanes of at least 4 members (excludes halogenated alkanes) is 1. The summed E-state index contributed by atoms with van der Waals surface area (Å²) in [5.41, 5.74) is 1.72. The molecule has 1 N–H and O–H groups in total. The number of ether oxygens (including phenoxy) is 3. The lowest BCUT2D eigenvalue weighted by Gasteiger charge is -2.26. The molecule has 1 aromatic heterocycles. The Labute approximate surface area is 216 Å². The monoisotopic (exact) mass is 502 g/mol. The van der Waals surface area contributed by atoms with Gasteiger partial charge in [-0.2, -0.15) is 0 Å². The average Bonchev–Trinajstić information content (AvgIpc) is 3.18. The number of aliphatic hydroxyl groups excluding tert-OH is 1. The van der Waals surface area contributed by atoms with Gasteiger partial charge < -0.3 is 24.2 Å². The van der Waals surface area contributed by atoms with Crippen molar-refractivity contribution in [3.63, 3.8) is 0 Å². The minimum Gasteiger partial charge on any atom is -0.507 e. The summed E-state index contributed by atoms with van der Waals surface area (Å²) in [6.07, 6.45) is 5.17. The Morgan fingerprint density at radius 1 is 1.03 bits per heavy atom.